The predicted octanol–water partition coefficient (Wildman–Crippen LogP) is 0.698. The Balaban J connectivity index is 1.73. The van der Waals surface area contributed by atoms with E-state index >= 15 is 0 Å². The molecule has 1 aliphatic heterocycles. The maximum Gasteiger partial charge on any atom is 0.226 e. The van der Waals surface area contributed by atoms with E-state index in [1.807, 2.05) is 0 Å². The van der Waals surface area contributed by atoms with Crippen LogP contribution in [0.5, 0.6) is 5.75 Å². The van der Waals surface area contributed by atoms with Crippen LogP contribution in [0.1, 0.15) is 6.42 Å². The van der Waals surface area contributed by atoms with Gasteiger partial charge >= 0.3 is 0 Å². The smallest absolute Gasteiger partial charge is 0.226 e. The SMILES string of the molecule is CS(=O)(=O)N1CCN(C(=O)CCOc2ccc(F)cc2)CC1. The molecule has 0 N–H and O–H groups in total. The summed E-state index contributed by atoms with van der Waals surface area (Å²) in [5.74, 6) is 0.0959. The molecule has 0 spiro atoms. The number of ether oxygens (including phenoxy) is 1. The van der Waals surface area contributed by atoms with Crippen LogP contribution in [0.15, 0.2) is 24.3 Å². The highest BCUT2D eigenvalue weighted by atomic mass is 32.2. The molecule has 1 heterocycles. The molecule has 8 heteroatoms. The van der Waals surface area contributed by atoms with Gasteiger partial charge in [0.25, 0.3) is 0 Å². The van der Waals surface area contributed by atoms with Gasteiger partial charge in [-0.25, -0.2) is 12.8 Å². The normalized spacial score (nSPS) is 16.5. The van der Waals surface area contributed by atoms with Crippen molar-refractivity contribution in [2.45, 2.75) is 6.42 Å². The Kier molecular flexibility index (Phi) is 5.36. The Bertz CT molecular complexity index is 610. The van der Waals surface area contributed by atoms with E-state index in [9.17, 15) is 17.6 Å². The number of carbonyl (C=O) groups excluding carboxylic acids is 1. The summed E-state index contributed by atoms with van der Waals surface area (Å²) in [6, 6.07) is 5.60. The van der Waals surface area contributed by atoms with E-state index < -0.39 is 10.0 Å². The van der Waals surface area contributed by atoms with Crippen LogP contribution in [-0.4, -0.2) is 62.6 Å². The predicted molar refractivity (Wildman–Crippen MR) is 79.5 cm³/mol. The molecule has 122 valence electrons. The third-order valence-electron chi connectivity index (χ3n) is 3.46. The number of amides is 1. The van der Waals surface area contributed by atoms with Crippen molar-refractivity contribution in [2.75, 3.05) is 39.0 Å². The number of carbonyl (C=O) groups is 1. The molecule has 0 saturated carbocycles. The number of hydrogen-bond acceptors (Lipinski definition) is 4. The summed E-state index contributed by atoms with van der Waals surface area (Å²) >= 11 is 0. The lowest BCUT2D eigenvalue weighted by molar-refractivity contribution is -0.132. The highest BCUT2D eigenvalue weighted by molar-refractivity contribution is 7.88. The maximum atomic E-state index is 12.7. The summed E-state index contributed by atoms with van der Waals surface area (Å²) < 4.78 is 42.3. The Labute approximate surface area is 129 Å². The van der Waals surface area contributed by atoms with E-state index in [1.54, 1.807) is 4.90 Å². The molecule has 1 aliphatic rings. The number of halogens is 1. The topological polar surface area (TPSA) is 66.9 Å². The minimum Gasteiger partial charge on any atom is -0.493 e. The molecule has 0 bridgehead atoms. The first-order valence-electron chi connectivity index (χ1n) is 6.97. The summed E-state index contributed by atoms with van der Waals surface area (Å²) in [5, 5.41) is 0. The molecule has 1 aromatic rings. The van der Waals surface area contributed by atoms with Gasteiger partial charge in [0.15, 0.2) is 0 Å². The van der Waals surface area contributed by atoms with Gasteiger partial charge in [0.05, 0.1) is 19.3 Å². The van der Waals surface area contributed by atoms with Gasteiger partial charge in [-0.3, -0.25) is 4.79 Å². The number of benzene rings is 1. The zero-order chi connectivity index (χ0) is 16.2. The molecule has 22 heavy (non-hydrogen) atoms. The van der Waals surface area contributed by atoms with Crippen molar-refractivity contribution >= 4 is 15.9 Å². The van der Waals surface area contributed by atoms with E-state index in [-0.39, 0.29) is 24.8 Å². The molecule has 1 aromatic carbocycles. The molecular formula is C14H19FN2O4S. The molecule has 0 aromatic heterocycles. The molecule has 0 aliphatic carbocycles. The second-order valence-corrected chi connectivity index (χ2v) is 7.08. The van der Waals surface area contributed by atoms with Gasteiger partial charge in [-0.2, -0.15) is 4.31 Å². The number of sulfonamides is 1. The summed E-state index contributed by atoms with van der Waals surface area (Å²) in [6.07, 6.45) is 1.37. The van der Waals surface area contributed by atoms with E-state index in [4.69, 9.17) is 4.74 Å². The monoisotopic (exact) mass is 330 g/mol. The summed E-state index contributed by atoms with van der Waals surface area (Å²) in [7, 11) is -3.19. The van der Waals surface area contributed by atoms with Crippen molar-refractivity contribution in [2.24, 2.45) is 0 Å². The van der Waals surface area contributed by atoms with E-state index in [2.05, 4.69) is 0 Å². The Hall–Kier alpha value is -1.67. The third-order valence-corrected chi connectivity index (χ3v) is 4.76. The van der Waals surface area contributed by atoms with Crippen molar-refractivity contribution in [3.63, 3.8) is 0 Å². The summed E-state index contributed by atoms with van der Waals surface area (Å²) in [6.45, 7) is 1.63. The molecule has 2 rings (SSSR count). The lowest BCUT2D eigenvalue weighted by Crippen LogP contribution is -2.50. The van der Waals surface area contributed by atoms with Crippen molar-refractivity contribution in [1.29, 1.82) is 0 Å². The van der Waals surface area contributed by atoms with Crippen LogP contribution in [0.4, 0.5) is 4.39 Å². The number of rotatable bonds is 5. The highest BCUT2D eigenvalue weighted by Gasteiger charge is 2.25. The van der Waals surface area contributed by atoms with Crippen LogP contribution in [0.3, 0.4) is 0 Å². The molecule has 0 unspecified atom stereocenters. The van der Waals surface area contributed by atoms with Gasteiger partial charge in [0.1, 0.15) is 11.6 Å². The van der Waals surface area contributed by atoms with E-state index in [0.717, 1.165) is 0 Å². The average Bonchev–Trinajstić information content (AvgIpc) is 2.48. The van der Waals surface area contributed by atoms with E-state index in [1.165, 1.54) is 34.8 Å². The lowest BCUT2D eigenvalue weighted by Gasteiger charge is -2.33. The van der Waals surface area contributed by atoms with Gasteiger partial charge < -0.3 is 9.64 Å². The molecule has 6 nitrogen and oxygen atoms in total. The van der Waals surface area contributed by atoms with Gasteiger partial charge in [0.2, 0.25) is 15.9 Å². The number of nitrogens with zero attached hydrogens (tertiary/aromatic N) is 2. The first-order chi connectivity index (χ1) is 10.4. The van der Waals surface area contributed by atoms with Crippen LogP contribution in [0.2, 0.25) is 0 Å². The number of hydrogen-bond donors (Lipinski definition) is 0. The Morgan fingerprint density at radius 3 is 2.32 bits per heavy atom. The van der Waals surface area contributed by atoms with Crippen LogP contribution in [-0.2, 0) is 14.8 Å². The molecule has 1 amide bonds. The van der Waals surface area contributed by atoms with Gasteiger partial charge in [0, 0.05) is 26.2 Å². The summed E-state index contributed by atoms with van der Waals surface area (Å²) in [5.41, 5.74) is 0. The summed E-state index contributed by atoms with van der Waals surface area (Å²) in [4.78, 5) is 13.7. The quantitative estimate of drug-likeness (QED) is 0.797. The first-order valence-corrected chi connectivity index (χ1v) is 8.82. The van der Waals surface area contributed by atoms with Gasteiger partial charge in [-0.15, -0.1) is 0 Å². The van der Waals surface area contributed by atoms with Crippen LogP contribution >= 0.6 is 0 Å². The third kappa shape index (κ3) is 4.67. The number of piperazine rings is 1. The van der Waals surface area contributed by atoms with E-state index in [0.29, 0.717) is 31.9 Å². The van der Waals surface area contributed by atoms with Crippen LogP contribution in [0, 0.1) is 5.82 Å². The van der Waals surface area contributed by atoms with Crippen molar-refractivity contribution < 1.29 is 22.3 Å². The van der Waals surface area contributed by atoms with Crippen LogP contribution in [0.25, 0.3) is 0 Å². The van der Waals surface area contributed by atoms with Crippen molar-refractivity contribution in [1.82, 2.24) is 9.21 Å². The van der Waals surface area contributed by atoms with Gasteiger partial charge in [-0.05, 0) is 24.3 Å². The lowest BCUT2D eigenvalue weighted by atomic mass is 10.3. The Morgan fingerprint density at radius 1 is 1.18 bits per heavy atom. The molecule has 0 atom stereocenters. The highest BCUT2D eigenvalue weighted by Crippen LogP contribution is 2.12. The first kappa shape index (κ1) is 16.7. The molecule has 1 saturated heterocycles. The zero-order valence-corrected chi connectivity index (χ0v) is 13.2. The maximum absolute atomic E-state index is 12.7. The Morgan fingerprint density at radius 2 is 1.77 bits per heavy atom. The fourth-order valence-electron chi connectivity index (χ4n) is 2.21. The molecule has 0 radical (unpaired) electrons. The zero-order valence-electron chi connectivity index (χ0n) is 12.4. The standard InChI is InChI=1S/C14H19FN2O4S/c1-22(19,20)17-9-7-16(8-10-17)14(18)6-11-21-13-4-2-12(15)3-5-13/h2-5H,6-11H2,1H3. The second-order valence-electron chi connectivity index (χ2n) is 5.10. The average molecular weight is 330 g/mol. The van der Waals surface area contributed by atoms with Crippen molar-refractivity contribution in [3.05, 3.63) is 30.1 Å². The molecule has 1 fully saturated rings. The largest absolute Gasteiger partial charge is 0.493 e. The minimum absolute atomic E-state index is 0.0738. The minimum atomic E-state index is -3.19. The van der Waals surface area contributed by atoms with Gasteiger partial charge in [-0.1, -0.05) is 0 Å². The fraction of sp³-hybridized carbons (Fsp3) is 0.500. The second kappa shape index (κ2) is 7.06. The van der Waals surface area contributed by atoms with Crippen molar-refractivity contribution in [3.8, 4) is 5.75 Å². The molecular weight excluding hydrogens is 311 g/mol. The van der Waals surface area contributed by atoms with Crippen LogP contribution < -0.4 is 4.74 Å². The fourth-order valence-corrected chi connectivity index (χ4v) is 3.04.